The number of hydrogen-bond donors (Lipinski definition) is 2. The van der Waals surface area contributed by atoms with Gasteiger partial charge in [0.15, 0.2) is 0 Å². The number of piperidine rings is 1. The molecule has 0 radical (unpaired) electrons. The van der Waals surface area contributed by atoms with Gasteiger partial charge in [-0.3, -0.25) is 9.59 Å². The van der Waals surface area contributed by atoms with Crippen LogP contribution in [0.5, 0.6) is 0 Å². The zero-order valence-corrected chi connectivity index (χ0v) is 13.1. The molecule has 0 unspecified atom stereocenters. The summed E-state index contributed by atoms with van der Waals surface area (Å²) in [6.45, 7) is 2.12. The molecule has 0 aliphatic carbocycles. The molecular formula is C17H22FN3O2. The monoisotopic (exact) mass is 319 g/mol. The molecule has 0 bridgehead atoms. The van der Waals surface area contributed by atoms with Crippen LogP contribution in [0.15, 0.2) is 24.3 Å². The molecule has 2 saturated heterocycles. The van der Waals surface area contributed by atoms with Crippen LogP contribution in [-0.4, -0.2) is 42.4 Å². The fourth-order valence-electron chi connectivity index (χ4n) is 3.29. The number of anilines is 1. The Morgan fingerprint density at radius 2 is 2.00 bits per heavy atom. The van der Waals surface area contributed by atoms with E-state index in [4.69, 9.17) is 0 Å². The molecule has 3 rings (SSSR count). The van der Waals surface area contributed by atoms with Gasteiger partial charge in [-0.05, 0) is 50.4 Å². The second-order valence-corrected chi connectivity index (χ2v) is 6.25. The van der Waals surface area contributed by atoms with E-state index in [1.807, 2.05) is 4.90 Å². The summed E-state index contributed by atoms with van der Waals surface area (Å²) >= 11 is 0. The van der Waals surface area contributed by atoms with Crippen LogP contribution < -0.4 is 10.6 Å². The predicted octanol–water partition coefficient (Wildman–Crippen LogP) is 1.75. The first-order chi connectivity index (χ1) is 11.1. The highest BCUT2D eigenvalue weighted by Crippen LogP contribution is 2.21. The Balaban J connectivity index is 1.50. The standard InChI is InChI=1S/C17H22FN3O2/c18-13-3-1-4-14(11-13)20-16(22)12-6-9-21(10-7-12)17(23)15-5-2-8-19-15/h1,3-4,11-12,15,19H,2,5-10H2,(H,20,22)/t15-/m0/s1. The maximum Gasteiger partial charge on any atom is 0.239 e. The van der Waals surface area contributed by atoms with E-state index in [9.17, 15) is 14.0 Å². The molecule has 5 nitrogen and oxygen atoms in total. The Kier molecular flexibility index (Phi) is 4.91. The van der Waals surface area contributed by atoms with Gasteiger partial charge >= 0.3 is 0 Å². The highest BCUT2D eigenvalue weighted by Gasteiger charge is 2.31. The molecule has 2 amide bonds. The van der Waals surface area contributed by atoms with Crippen molar-refractivity contribution in [2.75, 3.05) is 25.0 Å². The van der Waals surface area contributed by atoms with Crippen molar-refractivity contribution in [2.45, 2.75) is 31.7 Å². The largest absolute Gasteiger partial charge is 0.341 e. The van der Waals surface area contributed by atoms with E-state index in [-0.39, 0.29) is 29.6 Å². The smallest absolute Gasteiger partial charge is 0.239 e. The minimum atomic E-state index is -0.368. The maximum atomic E-state index is 13.1. The van der Waals surface area contributed by atoms with Crippen LogP contribution in [0.1, 0.15) is 25.7 Å². The zero-order chi connectivity index (χ0) is 16.2. The lowest BCUT2D eigenvalue weighted by molar-refractivity contribution is -0.136. The van der Waals surface area contributed by atoms with Crippen molar-refractivity contribution >= 4 is 17.5 Å². The number of benzene rings is 1. The Hall–Kier alpha value is -1.95. The van der Waals surface area contributed by atoms with Crippen LogP contribution in [-0.2, 0) is 9.59 Å². The number of carbonyl (C=O) groups is 2. The van der Waals surface area contributed by atoms with Crippen molar-refractivity contribution in [3.05, 3.63) is 30.1 Å². The molecule has 2 heterocycles. The summed E-state index contributed by atoms with van der Waals surface area (Å²) in [5.74, 6) is -0.431. The number of halogens is 1. The third kappa shape index (κ3) is 3.88. The molecule has 124 valence electrons. The molecule has 2 aliphatic heterocycles. The number of nitrogens with one attached hydrogen (secondary N) is 2. The minimum Gasteiger partial charge on any atom is -0.341 e. The first kappa shape index (κ1) is 15.9. The van der Waals surface area contributed by atoms with Crippen LogP contribution in [0.3, 0.4) is 0 Å². The minimum absolute atomic E-state index is 0.0485. The summed E-state index contributed by atoms with van der Waals surface area (Å²) in [5, 5.41) is 5.98. The summed E-state index contributed by atoms with van der Waals surface area (Å²) in [6, 6.07) is 5.85. The molecule has 2 N–H and O–H groups in total. The average molecular weight is 319 g/mol. The van der Waals surface area contributed by atoms with Crippen molar-refractivity contribution in [3.8, 4) is 0 Å². The van der Waals surface area contributed by atoms with Gasteiger partial charge in [-0.15, -0.1) is 0 Å². The summed E-state index contributed by atoms with van der Waals surface area (Å²) in [5.41, 5.74) is 0.476. The van der Waals surface area contributed by atoms with Gasteiger partial charge in [0.1, 0.15) is 5.82 Å². The summed E-state index contributed by atoms with van der Waals surface area (Å²) in [4.78, 5) is 26.4. The first-order valence-corrected chi connectivity index (χ1v) is 8.22. The SMILES string of the molecule is O=C(Nc1cccc(F)c1)C1CCN(C(=O)[C@@H]2CCCN2)CC1. The highest BCUT2D eigenvalue weighted by molar-refractivity contribution is 5.92. The van der Waals surface area contributed by atoms with Gasteiger partial charge in [-0.1, -0.05) is 6.07 Å². The quantitative estimate of drug-likeness (QED) is 0.892. The summed E-state index contributed by atoms with van der Waals surface area (Å²) in [6.07, 6.45) is 3.25. The van der Waals surface area contributed by atoms with E-state index in [1.54, 1.807) is 12.1 Å². The zero-order valence-electron chi connectivity index (χ0n) is 13.1. The lowest BCUT2D eigenvalue weighted by atomic mass is 9.95. The van der Waals surface area contributed by atoms with E-state index in [1.165, 1.54) is 12.1 Å². The van der Waals surface area contributed by atoms with Gasteiger partial charge < -0.3 is 15.5 Å². The Morgan fingerprint density at radius 3 is 2.65 bits per heavy atom. The average Bonchev–Trinajstić information content (AvgIpc) is 3.09. The molecule has 0 aromatic heterocycles. The molecule has 1 aromatic carbocycles. The number of amides is 2. The van der Waals surface area contributed by atoms with Gasteiger partial charge in [-0.25, -0.2) is 4.39 Å². The normalized spacial score (nSPS) is 22.1. The van der Waals surface area contributed by atoms with E-state index in [2.05, 4.69) is 10.6 Å². The second kappa shape index (κ2) is 7.08. The first-order valence-electron chi connectivity index (χ1n) is 8.22. The van der Waals surface area contributed by atoms with Gasteiger partial charge in [0.25, 0.3) is 0 Å². The lowest BCUT2D eigenvalue weighted by Crippen LogP contribution is -2.48. The summed E-state index contributed by atoms with van der Waals surface area (Å²) in [7, 11) is 0. The van der Waals surface area contributed by atoms with Crippen LogP contribution in [0.4, 0.5) is 10.1 Å². The number of rotatable bonds is 3. The molecule has 2 aliphatic rings. The van der Waals surface area contributed by atoms with Crippen LogP contribution >= 0.6 is 0 Å². The molecule has 1 aromatic rings. The lowest BCUT2D eigenvalue weighted by Gasteiger charge is -2.33. The van der Waals surface area contributed by atoms with Gasteiger partial charge in [0.2, 0.25) is 11.8 Å². The van der Waals surface area contributed by atoms with Crippen LogP contribution in [0.25, 0.3) is 0 Å². The fraction of sp³-hybridized carbons (Fsp3) is 0.529. The second-order valence-electron chi connectivity index (χ2n) is 6.25. The molecule has 23 heavy (non-hydrogen) atoms. The molecule has 2 fully saturated rings. The maximum absolute atomic E-state index is 13.1. The summed E-state index contributed by atoms with van der Waals surface area (Å²) < 4.78 is 13.1. The van der Waals surface area contributed by atoms with E-state index >= 15 is 0 Å². The third-order valence-electron chi connectivity index (χ3n) is 4.63. The Bertz CT molecular complexity index is 579. The number of hydrogen-bond acceptors (Lipinski definition) is 3. The Labute approximate surface area is 135 Å². The van der Waals surface area contributed by atoms with E-state index in [0.717, 1.165) is 19.4 Å². The van der Waals surface area contributed by atoms with E-state index < -0.39 is 0 Å². The van der Waals surface area contributed by atoms with Gasteiger partial charge in [0, 0.05) is 24.7 Å². The van der Waals surface area contributed by atoms with Crippen molar-refractivity contribution in [3.63, 3.8) is 0 Å². The third-order valence-corrected chi connectivity index (χ3v) is 4.63. The van der Waals surface area contributed by atoms with Gasteiger partial charge in [0.05, 0.1) is 6.04 Å². The van der Waals surface area contributed by atoms with Crippen molar-refractivity contribution in [2.24, 2.45) is 5.92 Å². The molecular weight excluding hydrogens is 297 g/mol. The molecule has 1 atom stereocenters. The van der Waals surface area contributed by atoms with Gasteiger partial charge in [-0.2, -0.15) is 0 Å². The van der Waals surface area contributed by atoms with Crippen molar-refractivity contribution in [1.82, 2.24) is 10.2 Å². The fourth-order valence-corrected chi connectivity index (χ4v) is 3.29. The molecule has 0 spiro atoms. The van der Waals surface area contributed by atoms with Crippen molar-refractivity contribution < 1.29 is 14.0 Å². The Morgan fingerprint density at radius 1 is 1.22 bits per heavy atom. The van der Waals surface area contributed by atoms with E-state index in [0.29, 0.717) is 31.6 Å². The number of nitrogens with zero attached hydrogens (tertiary/aromatic N) is 1. The highest BCUT2D eigenvalue weighted by atomic mass is 19.1. The van der Waals surface area contributed by atoms with Crippen LogP contribution in [0.2, 0.25) is 0 Å². The van der Waals surface area contributed by atoms with Crippen molar-refractivity contribution in [1.29, 1.82) is 0 Å². The topological polar surface area (TPSA) is 61.4 Å². The molecule has 0 saturated carbocycles. The predicted molar refractivity (Wildman–Crippen MR) is 85.4 cm³/mol. The van der Waals surface area contributed by atoms with Crippen LogP contribution in [0, 0.1) is 11.7 Å². The number of carbonyl (C=O) groups excluding carboxylic acids is 2. The number of likely N-dealkylation sites (tertiary alicyclic amines) is 1. The molecule has 6 heteroatoms.